The van der Waals surface area contributed by atoms with E-state index < -0.39 is 0 Å². The van der Waals surface area contributed by atoms with E-state index in [1.54, 1.807) is 32.3 Å². The highest BCUT2D eigenvalue weighted by Crippen LogP contribution is 2.42. The van der Waals surface area contributed by atoms with Gasteiger partial charge in [-0.05, 0) is 52.4 Å². The van der Waals surface area contributed by atoms with Crippen LogP contribution in [-0.4, -0.2) is 72.6 Å². The average molecular weight is 491 g/mol. The van der Waals surface area contributed by atoms with Crippen LogP contribution in [0.5, 0.6) is 17.2 Å². The summed E-state index contributed by atoms with van der Waals surface area (Å²) in [6.07, 6.45) is 1.65. The minimum absolute atomic E-state index is 0.235. The van der Waals surface area contributed by atoms with Crippen molar-refractivity contribution in [1.29, 1.82) is 0 Å². The quantitative estimate of drug-likeness (QED) is 0.351. The summed E-state index contributed by atoms with van der Waals surface area (Å²) in [4.78, 5) is 4.79. The first-order valence-electron chi connectivity index (χ1n) is 11.8. The van der Waals surface area contributed by atoms with Crippen LogP contribution in [0.25, 0.3) is 0 Å². The van der Waals surface area contributed by atoms with Gasteiger partial charge >= 0.3 is 0 Å². The van der Waals surface area contributed by atoms with Crippen molar-refractivity contribution in [3.8, 4) is 17.2 Å². The Morgan fingerprint density at radius 2 is 1.61 bits per heavy atom. The number of nitrogens with zero attached hydrogens (tertiary/aromatic N) is 6. The van der Waals surface area contributed by atoms with Gasteiger partial charge in [0.25, 0.3) is 0 Å². The number of tetrazole rings is 1. The molecule has 1 fully saturated rings. The summed E-state index contributed by atoms with van der Waals surface area (Å²) in [5, 5.41) is 12.8. The van der Waals surface area contributed by atoms with Gasteiger partial charge in [0, 0.05) is 31.9 Å². The first-order chi connectivity index (χ1) is 17.7. The van der Waals surface area contributed by atoms with Gasteiger partial charge in [0.2, 0.25) is 5.75 Å². The van der Waals surface area contributed by atoms with Crippen LogP contribution in [0, 0.1) is 0 Å². The molecule has 0 aliphatic carbocycles. The summed E-state index contributed by atoms with van der Waals surface area (Å²) >= 11 is 0. The van der Waals surface area contributed by atoms with Crippen molar-refractivity contribution >= 4 is 5.69 Å². The first kappa shape index (κ1) is 23.7. The van der Waals surface area contributed by atoms with Crippen molar-refractivity contribution in [3.05, 3.63) is 78.0 Å². The molecule has 0 saturated carbocycles. The van der Waals surface area contributed by atoms with E-state index in [-0.39, 0.29) is 6.04 Å². The number of furan rings is 1. The zero-order valence-electron chi connectivity index (χ0n) is 20.7. The number of hydrogen-bond donors (Lipinski definition) is 0. The minimum atomic E-state index is -0.235. The van der Waals surface area contributed by atoms with Gasteiger partial charge in [0.15, 0.2) is 17.3 Å². The van der Waals surface area contributed by atoms with Crippen LogP contribution in [0.3, 0.4) is 0 Å². The maximum atomic E-state index is 5.66. The van der Waals surface area contributed by atoms with E-state index in [4.69, 9.17) is 18.6 Å². The third-order valence-electron chi connectivity index (χ3n) is 6.49. The Labute approximate surface area is 210 Å². The van der Waals surface area contributed by atoms with Gasteiger partial charge in [-0.1, -0.05) is 18.2 Å². The number of anilines is 1. The van der Waals surface area contributed by atoms with E-state index in [1.807, 2.05) is 30.3 Å². The van der Waals surface area contributed by atoms with E-state index >= 15 is 0 Å². The molecule has 1 saturated heterocycles. The molecular weight excluding hydrogens is 460 g/mol. The number of para-hydroxylation sites is 1. The standard InChI is InChI=1S/C26H30N6O4/c1-33-22-16-19(17-23(34-2)25(22)35-3)24(26-27-28-29-32(26)18-21-10-7-15-36-21)31-13-11-30(12-14-31)20-8-5-4-6-9-20/h4-10,15-17,24H,11-14,18H2,1-3H3/t24-/m1/s1. The van der Waals surface area contributed by atoms with Crippen LogP contribution in [0.15, 0.2) is 65.3 Å². The van der Waals surface area contributed by atoms with Crippen molar-refractivity contribution in [3.63, 3.8) is 0 Å². The fourth-order valence-electron chi connectivity index (χ4n) is 4.73. The van der Waals surface area contributed by atoms with Crippen LogP contribution in [0.2, 0.25) is 0 Å². The molecule has 10 nitrogen and oxygen atoms in total. The molecule has 10 heteroatoms. The zero-order chi connectivity index (χ0) is 24.9. The smallest absolute Gasteiger partial charge is 0.203 e. The molecule has 4 aromatic rings. The Bertz CT molecular complexity index is 1230. The van der Waals surface area contributed by atoms with E-state index in [1.165, 1.54) is 5.69 Å². The molecule has 2 aromatic carbocycles. The van der Waals surface area contributed by atoms with E-state index in [2.05, 4.69) is 49.6 Å². The lowest BCUT2D eigenvalue weighted by molar-refractivity contribution is 0.200. The lowest BCUT2D eigenvalue weighted by atomic mass is 10.0. The maximum absolute atomic E-state index is 5.66. The second-order valence-corrected chi connectivity index (χ2v) is 8.49. The lowest BCUT2D eigenvalue weighted by Crippen LogP contribution is -2.48. The molecule has 1 atom stereocenters. The summed E-state index contributed by atoms with van der Waals surface area (Å²) < 4.78 is 24.2. The van der Waals surface area contributed by atoms with Crippen LogP contribution in [-0.2, 0) is 6.54 Å². The molecule has 2 aromatic heterocycles. The van der Waals surface area contributed by atoms with Gasteiger partial charge in [-0.2, -0.15) is 0 Å². The van der Waals surface area contributed by atoms with Crippen molar-refractivity contribution in [2.45, 2.75) is 12.6 Å². The Kier molecular flexibility index (Phi) is 7.03. The van der Waals surface area contributed by atoms with Crippen molar-refractivity contribution in [2.24, 2.45) is 0 Å². The number of ether oxygens (including phenoxy) is 3. The van der Waals surface area contributed by atoms with Gasteiger partial charge in [-0.25, -0.2) is 4.68 Å². The summed E-state index contributed by atoms with van der Waals surface area (Å²) in [6, 6.07) is 18.0. The van der Waals surface area contributed by atoms with Crippen LogP contribution >= 0.6 is 0 Å². The summed E-state index contributed by atoms with van der Waals surface area (Å²) in [5.74, 6) is 3.22. The number of benzene rings is 2. The second kappa shape index (κ2) is 10.7. The fourth-order valence-corrected chi connectivity index (χ4v) is 4.73. The molecule has 0 spiro atoms. The van der Waals surface area contributed by atoms with Gasteiger partial charge in [0.1, 0.15) is 12.3 Å². The highest BCUT2D eigenvalue weighted by atomic mass is 16.5. The molecule has 1 aliphatic rings. The first-order valence-corrected chi connectivity index (χ1v) is 11.8. The molecule has 5 rings (SSSR count). The van der Waals surface area contributed by atoms with Crippen LogP contribution < -0.4 is 19.1 Å². The molecule has 0 radical (unpaired) electrons. The number of aromatic nitrogens is 4. The fraction of sp³-hybridized carbons (Fsp3) is 0.346. The monoisotopic (exact) mass is 490 g/mol. The Morgan fingerprint density at radius 3 is 2.22 bits per heavy atom. The molecule has 0 N–H and O–H groups in total. The van der Waals surface area contributed by atoms with E-state index in [0.29, 0.717) is 29.6 Å². The minimum Gasteiger partial charge on any atom is -0.493 e. The third kappa shape index (κ3) is 4.72. The maximum Gasteiger partial charge on any atom is 0.203 e. The lowest BCUT2D eigenvalue weighted by Gasteiger charge is -2.40. The normalized spacial score (nSPS) is 15.0. The molecule has 1 aliphatic heterocycles. The molecular formula is C26H30N6O4. The molecule has 36 heavy (non-hydrogen) atoms. The molecule has 0 unspecified atom stereocenters. The predicted octanol–water partition coefficient (Wildman–Crippen LogP) is 3.25. The van der Waals surface area contributed by atoms with E-state index in [0.717, 1.165) is 37.5 Å². The average Bonchev–Trinajstić information content (AvgIpc) is 3.62. The largest absolute Gasteiger partial charge is 0.493 e. The Hall–Kier alpha value is -4.05. The number of hydrogen-bond acceptors (Lipinski definition) is 9. The number of methoxy groups -OCH3 is 3. The van der Waals surface area contributed by atoms with Gasteiger partial charge in [0.05, 0.1) is 33.6 Å². The van der Waals surface area contributed by atoms with Gasteiger partial charge in [-0.15, -0.1) is 5.10 Å². The van der Waals surface area contributed by atoms with Gasteiger partial charge < -0.3 is 23.5 Å². The van der Waals surface area contributed by atoms with Crippen molar-refractivity contribution in [2.75, 3.05) is 52.4 Å². The number of rotatable bonds is 9. The van der Waals surface area contributed by atoms with E-state index in [9.17, 15) is 0 Å². The highest BCUT2D eigenvalue weighted by molar-refractivity contribution is 5.55. The van der Waals surface area contributed by atoms with Crippen LogP contribution in [0.1, 0.15) is 23.2 Å². The molecule has 3 heterocycles. The summed E-state index contributed by atoms with van der Waals surface area (Å²) in [5.41, 5.74) is 2.18. The van der Waals surface area contributed by atoms with Crippen molar-refractivity contribution in [1.82, 2.24) is 25.1 Å². The highest BCUT2D eigenvalue weighted by Gasteiger charge is 2.32. The molecule has 0 bridgehead atoms. The topological polar surface area (TPSA) is 90.9 Å². The van der Waals surface area contributed by atoms with Crippen LogP contribution in [0.4, 0.5) is 5.69 Å². The van der Waals surface area contributed by atoms with Gasteiger partial charge in [-0.3, -0.25) is 4.90 Å². The second-order valence-electron chi connectivity index (χ2n) is 8.49. The summed E-state index contributed by atoms with van der Waals surface area (Å²) in [6.45, 7) is 3.84. The Balaban J connectivity index is 1.52. The Morgan fingerprint density at radius 1 is 0.889 bits per heavy atom. The summed E-state index contributed by atoms with van der Waals surface area (Å²) in [7, 11) is 4.84. The SMILES string of the molecule is COc1cc([C@H](c2nnnn2Cc2ccco2)N2CCN(c3ccccc3)CC2)cc(OC)c1OC. The third-order valence-corrected chi connectivity index (χ3v) is 6.49. The predicted molar refractivity (Wildman–Crippen MR) is 134 cm³/mol. The number of piperazine rings is 1. The molecule has 0 amide bonds. The molecule has 188 valence electrons. The van der Waals surface area contributed by atoms with Crippen molar-refractivity contribution < 1.29 is 18.6 Å². The zero-order valence-corrected chi connectivity index (χ0v) is 20.7.